The van der Waals surface area contributed by atoms with Crippen LogP contribution in [0.5, 0.6) is 0 Å². The van der Waals surface area contributed by atoms with Crippen LogP contribution in [0, 0.1) is 23.1 Å². The number of carbonyl (C=O) groups is 2. The zero-order chi connectivity index (χ0) is 27.8. The summed E-state index contributed by atoms with van der Waals surface area (Å²) in [6.45, 7) is 5.29. The van der Waals surface area contributed by atoms with Gasteiger partial charge < -0.3 is 10.1 Å². The highest BCUT2D eigenvalue weighted by Crippen LogP contribution is 2.43. The van der Waals surface area contributed by atoms with Gasteiger partial charge >= 0.3 is 6.09 Å². The Balaban J connectivity index is 1.45. The number of sulfonamides is 1. The Morgan fingerprint density at radius 1 is 1.18 bits per heavy atom. The average Bonchev–Trinajstić information content (AvgIpc) is 3.45. The molecule has 2 fully saturated rings. The van der Waals surface area contributed by atoms with Crippen LogP contribution in [0.15, 0.2) is 47.4 Å². The van der Waals surface area contributed by atoms with Gasteiger partial charge in [-0.15, -0.1) is 0 Å². The number of rotatable bonds is 6. The van der Waals surface area contributed by atoms with Crippen LogP contribution in [0.3, 0.4) is 0 Å². The van der Waals surface area contributed by atoms with E-state index in [4.69, 9.17) is 9.88 Å². The van der Waals surface area contributed by atoms with Gasteiger partial charge in [-0.05, 0) is 80.8 Å². The van der Waals surface area contributed by atoms with Gasteiger partial charge in [0.15, 0.2) is 0 Å². The third-order valence-electron chi connectivity index (χ3n) is 6.92. The number of fused-ring (bicyclic) bond motifs is 2. The number of nitrogens with one attached hydrogen (secondary N) is 1. The number of hydrogen-bond acceptors (Lipinski definition) is 6. The molecule has 1 saturated heterocycles. The van der Waals surface area contributed by atoms with Crippen LogP contribution >= 0.6 is 0 Å². The van der Waals surface area contributed by atoms with Crippen molar-refractivity contribution < 1.29 is 27.1 Å². The quantitative estimate of drug-likeness (QED) is 0.572. The second-order valence-corrected chi connectivity index (χ2v) is 12.4. The van der Waals surface area contributed by atoms with E-state index in [1.165, 1.54) is 41.3 Å². The number of nitrogens with zero attached hydrogens (tertiary/aromatic N) is 2. The number of carbonyl (C=O) groups excluding carboxylic acids is 2. The molecule has 1 aliphatic heterocycles. The highest BCUT2D eigenvalue weighted by atomic mass is 32.2. The fourth-order valence-electron chi connectivity index (χ4n) is 5.24. The number of nitrogens with two attached hydrogens (primary N) is 1. The summed E-state index contributed by atoms with van der Waals surface area (Å²) in [5.41, 5.74) is 0.633. The van der Waals surface area contributed by atoms with Crippen LogP contribution in [0.1, 0.15) is 45.6 Å². The largest absolute Gasteiger partial charge is 0.444 e. The van der Waals surface area contributed by atoms with Gasteiger partial charge in [-0.25, -0.2) is 22.7 Å². The second kappa shape index (κ2) is 10.3. The first-order chi connectivity index (χ1) is 17.8. The summed E-state index contributed by atoms with van der Waals surface area (Å²) < 4.78 is 43.4. The minimum absolute atomic E-state index is 0.0106. The molecule has 0 radical (unpaired) electrons. The molecule has 2 aliphatic rings. The van der Waals surface area contributed by atoms with E-state index in [1.54, 1.807) is 26.8 Å². The molecule has 3 N–H and O–H groups in total. The number of ether oxygens (including phenoxy) is 1. The molecule has 202 valence electrons. The fraction of sp³-hybridized carbons (Fsp3) is 0.444. The predicted molar refractivity (Wildman–Crippen MR) is 137 cm³/mol. The topological polar surface area (TPSA) is 143 Å². The number of primary sulfonamides is 1. The summed E-state index contributed by atoms with van der Waals surface area (Å²) in [6, 6.07) is 10.4. The van der Waals surface area contributed by atoms with E-state index in [-0.39, 0.29) is 28.8 Å². The van der Waals surface area contributed by atoms with Gasteiger partial charge in [0.05, 0.1) is 11.0 Å². The van der Waals surface area contributed by atoms with Crippen LogP contribution in [0.2, 0.25) is 0 Å². The van der Waals surface area contributed by atoms with E-state index in [0.29, 0.717) is 17.5 Å². The molecule has 11 heteroatoms. The summed E-state index contributed by atoms with van der Waals surface area (Å²) in [5, 5.41) is 17.5. The lowest BCUT2D eigenvalue weighted by atomic mass is 9.97. The third kappa shape index (κ3) is 5.97. The van der Waals surface area contributed by atoms with Crippen molar-refractivity contribution in [3.63, 3.8) is 0 Å². The van der Waals surface area contributed by atoms with Crippen molar-refractivity contribution in [2.45, 2.75) is 75.1 Å². The monoisotopic (exact) mass is 542 g/mol. The lowest BCUT2D eigenvalue weighted by molar-refractivity contribution is -0.128. The normalized spacial score (nSPS) is 21.6. The number of halogens is 1. The Kier molecular flexibility index (Phi) is 7.50. The van der Waals surface area contributed by atoms with Crippen molar-refractivity contribution >= 4 is 22.0 Å². The number of hydrogen-bond donors (Lipinski definition) is 2. The van der Waals surface area contributed by atoms with Crippen LogP contribution in [0.25, 0.3) is 11.1 Å². The minimum atomic E-state index is -3.84. The molecule has 9 nitrogen and oxygen atoms in total. The minimum Gasteiger partial charge on any atom is -0.444 e. The number of likely N-dealkylation sites (tertiary alicyclic amines) is 1. The Labute approximate surface area is 221 Å². The third-order valence-corrected chi connectivity index (χ3v) is 7.85. The number of benzene rings is 2. The first kappa shape index (κ1) is 27.5. The number of nitriles is 1. The van der Waals surface area contributed by atoms with Gasteiger partial charge in [0.1, 0.15) is 23.5 Å². The number of piperidine rings is 1. The molecule has 1 aliphatic carbocycles. The van der Waals surface area contributed by atoms with Crippen LogP contribution < -0.4 is 10.5 Å². The highest BCUT2D eigenvalue weighted by Gasteiger charge is 2.52. The molecule has 1 heterocycles. The molecule has 1 saturated carbocycles. The average molecular weight is 543 g/mol. The Morgan fingerprint density at radius 3 is 2.42 bits per heavy atom. The van der Waals surface area contributed by atoms with Crippen molar-refractivity contribution in [1.82, 2.24) is 10.2 Å². The zero-order valence-corrected chi connectivity index (χ0v) is 22.3. The first-order valence-corrected chi connectivity index (χ1v) is 13.9. The van der Waals surface area contributed by atoms with Crippen molar-refractivity contribution in [2.24, 2.45) is 11.1 Å². The first-order valence-electron chi connectivity index (χ1n) is 12.4. The maximum atomic E-state index is 15.0. The molecule has 4 rings (SSSR count). The maximum Gasteiger partial charge on any atom is 0.411 e. The van der Waals surface area contributed by atoms with E-state index in [9.17, 15) is 27.7 Å². The summed E-state index contributed by atoms with van der Waals surface area (Å²) in [5.74, 6) is -1.02. The second-order valence-electron chi connectivity index (χ2n) is 10.8. The predicted octanol–water partition coefficient (Wildman–Crippen LogP) is 3.48. The summed E-state index contributed by atoms with van der Waals surface area (Å²) in [7, 11) is -3.84. The lowest BCUT2D eigenvalue weighted by Crippen LogP contribution is -2.55. The van der Waals surface area contributed by atoms with Gasteiger partial charge in [-0.2, -0.15) is 5.26 Å². The van der Waals surface area contributed by atoms with Gasteiger partial charge in [-0.1, -0.05) is 24.3 Å². The smallest absolute Gasteiger partial charge is 0.411 e. The Bertz CT molecular complexity index is 1380. The molecule has 2 bridgehead atoms. The van der Waals surface area contributed by atoms with Gasteiger partial charge in [0.25, 0.3) is 0 Å². The SMILES string of the molecule is CC(C)(C)OC(=O)N1[C@@H]2CC[C@@H](C2)[C@H]1C(=O)NC(C#N)Cc1ccc(-c2ccc(S(N)(=O)=O)cc2)cc1F. The van der Waals surface area contributed by atoms with Crippen LogP contribution in [-0.4, -0.2) is 49.0 Å². The Hall–Kier alpha value is -3.49. The Morgan fingerprint density at radius 2 is 1.84 bits per heavy atom. The van der Waals surface area contributed by atoms with Gasteiger partial charge in [-0.3, -0.25) is 9.69 Å². The molecule has 0 aromatic heterocycles. The highest BCUT2D eigenvalue weighted by molar-refractivity contribution is 7.89. The molecular formula is C27H31FN4O5S. The summed E-state index contributed by atoms with van der Waals surface area (Å²) >= 11 is 0. The molecule has 2 aromatic rings. The van der Waals surface area contributed by atoms with Crippen LogP contribution in [0.4, 0.5) is 9.18 Å². The summed E-state index contributed by atoms with van der Waals surface area (Å²) in [6.07, 6.45) is 1.72. The molecule has 1 unspecified atom stereocenters. The molecular weight excluding hydrogens is 511 g/mol. The van der Waals surface area contributed by atoms with Crippen molar-refractivity contribution in [3.8, 4) is 17.2 Å². The molecule has 0 spiro atoms. The zero-order valence-electron chi connectivity index (χ0n) is 21.5. The van der Waals surface area contributed by atoms with E-state index in [0.717, 1.165) is 12.8 Å². The van der Waals surface area contributed by atoms with Gasteiger partial charge in [0.2, 0.25) is 15.9 Å². The van der Waals surface area contributed by atoms with Crippen LogP contribution in [-0.2, 0) is 26.0 Å². The summed E-state index contributed by atoms with van der Waals surface area (Å²) in [4.78, 5) is 27.5. The lowest BCUT2D eigenvalue weighted by Gasteiger charge is -2.35. The molecule has 38 heavy (non-hydrogen) atoms. The number of amides is 2. The van der Waals surface area contributed by atoms with E-state index < -0.39 is 45.5 Å². The van der Waals surface area contributed by atoms with Crippen molar-refractivity contribution in [3.05, 3.63) is 53.8 Å². The molecule has 2 amide bonds. The van der Waals surface area contributed by atoms with Crippen molar-refractivity contribution in [2.75, 3.05) is 0 Å². The van der Waals surface area contributed by atoms with Crippen molar-refractivity contribution in [1.29, 1.82) is 5.26 Å². The van der Waals surface area contributed by atoms with E-state index >= 15 is 0 Å². The molecule has 4 atom stereocenters. The van der Waals surface area contributed by atoms with E-state index in [1.807, 2.05) is 6.07 Å². The standard InChI is InChI=1S/C27H31FN4O5S/c1-27(2,3)37-26(34)32-21-9-6-19(13-21)24(32)25(33)31-20(15-29)12-18-5-4-17(14-23(18)28)16-7-10-22(11-8-16)38(30,35)36/h4-5,7-8,10-11,14,19-21,24H,6,9,12-13H2,1-3H3,(H,31,33)(H2,30,35,36)/t19-,20?,21+,24-/m0/s1. The fourth-order valence-corrected chi connectivity index (χ4v) is 5.75. The van der Waals surface area contributed by atoms with Gasteiger partial charge in [0, 0.05) is 12.5 Å². The maximum absolute atomic E-state index is 15.0. The van der Waals surface area contributed by atoms with E-state index in [2.05, 4.69) is 5.32 Å². The molecule has 2 aromatic carbocycles.